The number of benzene rings is 2. The molecular formula is C19H20N2O3. The van der Waals surface area contributed by atoms with Gasteiger partial charge in [0.15, 0.2) is 11.5 Å². The summed E-state index contributed by atoms with van der Waals surface area (Å²) in [5, 5.41) is 2.82. The monoisotopic (exact) mass is 324 g/mol. The van der Waals surface area contributed by atoms with Gasteiger partial charge in [0, 0.05) is 24.9 Å². The quantitative estimate of drug-likeness (QED) is 0.919. The van der Waals surface area contributed by atoms with E-state index in [1.54, 1.807) is 19.1 Å². The van der Waals surface area contributed by atoms with Crippen LogP contribution in [0.3, 0.4) is 0 Å². The number of hydrogen-bond acceptors (Lipinski definition) is 3. The fourth-order valence-corrected chi connectivity index (χ4v) is 2.70. The smallest absolute Gasteiger partial charge is 0.321 e. The van der Waals surface area contributed by atoms with Crippen molar-refractivity contribution in [3.63, 3.8) is 0 Å². The Morgan fingerprint density at radius 3 is 2.42 bits per heavy atom. The molecule has 0 spiro atoms. The maximum absolute atomic E-state index is 11.9. The highest BCUT2D eigenvalue weighted by atomic mass is 16.5. The van der Waals surface area contributed by atoms with Crippen LogP contribution in [0, 0.1) is 0 Å². The summed E-state index contributed by atoms with van der Waals surface area (Å²) in [6.45, 7) is 1.31. The molecule has 0 radical (unpaired) electrons. The molecule has 2 aromatic rings. The minimum Gasteiger partial charge on any atom is -0.493 e. The molecule has 0 aliphatic carbocycles. The third-order valence-corrected chi connectivity index (χ3v) is 3.95. The number of hydrogen-bond donors (Lipinski definition) is 1. The van der Waals surface area contributed by atoms with Gasteiger partial charge in [-0.15, -0.1) is 0 Å². The maximum atomic E-state index is 11.9. The minimum absolute atomic E-state index is 0.0797. The zero-order valence-electron chi connectivity index (χ0n) is 13.8. The van der Waals surface area contributed by atoms with Crippen LogP contribution in [-0.2, 0) is 0 Å². The van der Waals surface area contributed by atoms with Crippen molar-refractivity contribution in [2.45, 2.75) is 0 Å². The molecule has 124 valence electrons. The van der Waals surface area contributed by atoms with E-state index in [0.29, 0.717) is 24.6 Å². The van der Waals surface area contributed by atoms with Crippen LogP contribution in [0.1, 0.15) is 11.1 Å². The molecule has 0 saturated carbocycles. The Hall–Kier alpha value is -2.95. The lowest BCUT2D eigenvalue weighted by Gasteiger charge is -2.16. The first-order valence-electron chi connectivity index (χ1n) is 7.77. The number of methoxy groups -OCH3 is 2. The van der Waals surface area contributed by atoms with Crippen LogP contribution in [0.15, 0.2) is 54.7 Å². The number of urea groups is 1. The van der Waals surface area contributed by atoms with E-state index in [4.69, 9.17) is 9.47 Å². The maximum Gasteiger partial charge on any atom is 0.321 e. The molecule has 1 heterocycles. The number of nitrogens with one attached hydrogen (secondary N) is 1. The second kappa shape index (κ2) is 7.08. The molecule has 0 atom stereocenters. The van der Waals surface area contributed by atoms with Gasteiger partial charge in [-0.1, -0.05) is 36.4 Å². The molecule has 1 N–H and O–H groups in total. The third kappa shape index (κ3) is 3.20. The Labute approximate surface area is 141 Å². The summed E-state index contributed by atoms with van der Waals surface area (Å²) >= 11 is 0. The van der Waals surface area contributed by atoms with Crippen LogP contribution >= 0.6 is 0 Å². The lowest BCUT2D eigenvalue weighted by molar-refractivity contribution is 0.230. The van der Waals surface area contributed by atoms with Crippen molar-refractivity contribution in [1.82, 2.24) is 10.2 Å². The molecule has 1 aliphatic heterocycles. The first-order chi connectivity index (χ1) is 11.7. The van der Waals surface area contributed by atoms with Gasteiger partial charge in [0.2, 0.25) is 0 Å². The second-order valence-electron chi connectivity index (χ2n) is 5.40. The lowest BCUT2D eigenvalue weighted by Crippen LogP contribution is -2.23. The fraction of sp³-hybridized carbons (Fsp3) is 0.211. The molecule has 5 heteroatoms. The molecular weight excluding hydrogens is 304 g/mol. The Bertz CT molecular complexity index is 756. The minimum atomic E-state index is -0.0797. The predicted molar refractivity (Wildman–Crippen MR) is 93.2 cm³/mol. The topological polar surface area (TPSA) is 50.8 Å². The van der Waals surface area contributed by atoms with Gasteiger partial charge >= 0.3 is 6.03 Å². The SMILES string of the molecule is COc1ccc(/C(=C/N2CCNC2=O)c2ccccc2)cc1OC. The molecule has 5 nitrogen and oxygen atoms in total. The molecule has 24 heavy (non-hydrogen) atoms. The van der Waals surface area contributed by atoms with E-state index in [1.165, 1.54) is 0 Å². The molecule has 0 unspecified atom stereocenters. The van der Waals surface area contributed by atoms with Crippen molar-refractivity contribution in [2.24, 2.45) is 0 Å². The molecule has 2 aromatic carbocycles. The van der Waals surface area contributed by atoms with Crippen LogP contribution in [0.25, 0.3) is 5.57 Å². The van der Waals surface area contributed by atoms with E-state index in [9.17, 15) is 4.79 Å². The highest BCUT2D eigenvalue weighted by Gasteiger charge is 2.19. The van der Waals surface area contributed by atoms with Gasteiger partial charge in [-0.2, -0.15) is 0 Å². The van der Waals surface area contributed by atoms with E-state index in [-0.39, 0.29) is 6.03 Å². The van der Waals surface area contributed by atoms with Crippen molar-refractivity contribution in [3.8, 4) is 11.5 Å². The molecule has 0 aromatic heterocycles. The van der Waals surface area contributed by atoms with E-state index >= 15 is 0 Å². The summed E-state index contributed by atoms with van der Waals surface area (Å²) in [6.07, 6.45) is 1.89. The standard InChI is InChI=1S/C19H20N2O3/c1-23-17-9-8-15(12-18(17)24-2)16(14-6-4-3-5-7-14)13-21-11-10-20-19(21)22/h3-9,12-13H,10-11H2,1-2H3,(H,20,22)/b16-13+. The summed E-state index contributed by atoms with van der Waals surface area (Å²) in [7, 11) is 3.22. The van der Waals surface area contributed by atoms with Crippen LogP contribution in [0.4, 0.5) is 4.79 Å². The van der Waals surface area contributed by atoms with Gasteiger partial charge in [0.25, 0.3) is 0 Å². The number of carbonyl (C=O) groups is 1. The molecule has 0 bridgehead atoms. The largest absolute Gasteiger partial charge is 0.493 e. The Morgan fingerprint density at radius 2 is 1.79 bits per heavy atom. The number of rotatable bonds is 5. The van der Waals surface area contributed by atoms with Gasteiger partial charge in [0.05, 0.1) is 14.2 Å². The van der Waals surface area contributed by atoms with Gasteiger partial charge < -0.3 is 14.8 Å². The summed E-state index contributed by atoms with van der Waals surface area (Å²) in [6, 6.07) is 15.7. The van der Waals surface area contributed by atoms with Gasteiger partial charge in [-0.3, -0.25) is 4.90 Å². The summed E-state index contributed by atoms with van der Waals surface area (Å²) < 4.78 is 10.7. The first kappa shape index (κ1) is 15.9. The van der Waals surface area contributed by atoms with Gasteiger partial charge in [-0.25, -0.2) is 4.79 Å². The molecule has 1 aliphatic rings. The third-order valence-electron chi connectivity index (χ3n) is 3.95. The number of carbonyl (C=O) groups excluding carboxylic acids is 1. The summed E-state index contributed by atoms with van der Waals surface area (Å²) in [4.78, 5) is 13.6. The average Bonchev–Trinajstić information content (AvgIpc) is 3.04. The van der Waals surface area contributed by atoms with Gasteiger partial charge in [-0.05, 0) is 23.3 Å². The van der Waals surface area contributed by atoms with E-state index in [2.05, 4.69) is 5.32 Å². The molecule has 1 saturated heterocycles. The van der Waals surface area contributed by atoms with Crippen molar-refractivity contribution >= 4 is 11.6 Å². The number of amides is 2. The highest BCUT2D eigenvalue weighted by Crippen LogP contribution is 2.33. The molecule has 1 fully saturated rings. The van der Waals surface area contributed by atoms with Crippen LogP contribution in [-0.4, -0.2) is 38.2 Å². The Balaban J connectivity index is 2.08. The normalized spacial score (nSPS) is 14.5. The highest BCUT2D eigenvalue weighted by molar-refractivity contribution is 5.85. The molecule has 2 amide bonds. The van der Waals surface area contributed by atoms with Crippen molar-refractivity contribution in [1.29, 1.82) is 0 Å². The van der Waals surface area contributed by atoms with Gasteiger partial charge in [0.1, 0.15) is 0 Å². The number of ether oxygens (including phenoxy) is 2. The summed E-state index contributed by atoms with van der Waals surface area (Å²) in [5.74, 6) is 1.33. The second-order valence-corrected chi connectivity index (χ2v) is 5.40. The van der Waals surface area contributed by atoms with Crippen molar-refractivity contribution < 1.29 is 14.3 Å². The van der Waals surface area contributed by atoms with Crippen molar-refractivity contribution in [3.05, 3.63) is 65.9 Å². The first-order valence-corrected chi connectivity index (χ1v) is 7.77. The predicted octanol–water partition coefficient (Wildman–Crippen LogP) is 3.12. The van der Waals surface area contributed by atoms with Crippen LogP contribution < -0.4 is 14.8 Å². The zero-order valence-corrected chi connectivity index (χ0v) is 13.8. The van der Waals surface area contributed by atoms with E-state index < -0.39 is 0 Å². The zero-order chi connectivity index (χ0) is 16.9. The van der Waals surface area contributed by atoms with E-state index in [1.807, 2.05) is 54.7 Å². The molecule has 3 rings (SSSR count). The van der Waals surface area contributed by atoms with E-state index in [0.717, 1.165) is 16.7 Å². The average molecular weight is 324 g/mol. The lowest BCUT2D eigenvalue weighted by atomic mass is 9.98. The summed E-state index contributed by atoms with van der Waals surface area (Å²) in [5.41, 5.74) is 2.94. The Kier molecular flexibility index (Phi) is 4.70. The van der Waals surface area contributed by atoms with Crippen LogP contribution in [0.5, 0.6) is 11.5 Å². The van der Waals surface area contributed by atoms with Crippen molar-refractivity contribution in [2.75, 3.05) is 27.3 Å². The van der Waals surface area contributed by atoms with Crippen LogP contribution in [0.2, 0.25) is 0 Å². The fourth-order valence-electron chi connectivity index (χ4n) is 2.70. The Morgan fingerprint density at radius 1 is 1.04 bits per heavy atom. The number of nitrogens with zero attached hydrogens (tertiary/aromatic N) is 1.